The average molecular weight is 340 g/mol. The molecule has 0 aliphatic carbocycles. The van der Waals surface area contributed by atoms with E-state index in [1.807, 2.05) is 29.2 Å². The zero-order chi connectivity index (χ0) is 14.4. The first-order valence-electron chi connectivity index (χ1n) is 7.18. The Morgan fingerprint density at radius 3 is 2.45 bits per heavy atom. The van der Waals surface area contributed by atoms with Crippen molar-refractivity contribution in [3.63, 3.8) is 0 Å². The molecule has 2 rings (SSSR count). The first-order valence-corrected chi connectivity index (χ1v) is 7.98. The van der Waals surface area contributed by atoms with Crippen molar-refractivity contribution < 1.29 is 4.79 Å². The summed E-state index contributed by atoms with van der Waals surface area (Å²) < 4.78 is 1.06. The van der Waals surface area contributed by atoms with Gasteiger partial charge in [0.05, 0.1) is 0 Å². The van der Waals surface area contributed by atoms with Crippen molar-refractivity contribution in [3.8, 4) is 0 Å². The average Bonchev–Trinajstić information content (AvgIpc) is 2.49. The third-order valence-electron chi connectivity index (χ3n) is 3.68. The molecular formula is C15H22BrN3O. The summed E-state index contributed by atoms with van der Waals surface area (Å²) in [6.07, 6.45) is 0.558. The molecule has 0 unspecified atom stereocenters. The third kappa shape index (κ3) is 4.49. The molecule has 1 aliphatic rings. The van der Waals surface area contributed by atoms with E-state index in [1.165, 1.54) is 0 Å². The predicted molar refractivity (Wildman–Crippen MR) is 85.9 cm³/mol. The van der Waals surface area contributed by atoms with E-state index < -0.39 is 0 Å². The van der Waals surface area contributed by atoms with Crippen LogP contribution < -0.4 is 5.32 Å². The maximum Gasteiger partial charge on any atom is 0.224 e. The minimum Gasteiger partial charge on any atom is -0.385 e. The van der Waals surface area contributed by atoms with Crippen LogP contribution in [0.15, 0.2) is 28.7 Å². The number of carbonyl (C=O) groups is 1. The molecule has 1 saturated heterocycles. The highest BCUT2D eigenvalue weighted by atomic mass is 79.9. The zero-order valence-corrected chi connectivity index (χ0v) is 13.5. The number of likely N-dealkylation sites (N-methyl/N-ethyl adjacent to an activating group) is 1. The Morgan fingerprint density at radius 2 is 1.85 bits per heavy atom. The van der Waals surface area contributed by atoms with Crippen molar-refractivity contribution in [1.82, 2.24) is 9.80 Å². The number of halogens is 1. The Labute approximate surface area is 129 Å². The van der Waals surface area contributed by atoms with E-state index in [0.29, 0.717) is 13.0 Å². The van der Waals surface area contributed by atoms with Gasteiger partial charge in [0.2, 0.25) is 5.91 Å². The molecule has 1 aromatic rings. The topological polar surface area (TPSA) is 35.6 Å². The van der Waals surface area contributed by atoms with Gasteiger partial charge < -0.3 is 15.1 Å². The molecule has 1 aliphatic heterocycles. The van der Waals surface area contributed by atoms with E-state index in [9.17, 15) is 4.79 Å². The first-order chi connectivity index (χ1) is 9.69. The summed E-state index contributed by atoms with van der Waals surface area (Å²) in [4.78, 5) is 16.5. The second kappa shape index (κ2) is 7.64. The fourth-order valence-corrected chi connectivity index (χ4v) is 2.62. The van der Waals surface area contributed by atoms with Crippen molar-refractivity contribution in [3.05, 3.63) is 28.7 Å². The summed E-state index contributed by atoms with van der Waals surface area (Å²) in [6.45, 7) is 7.67. The molecule has 0 aromatic heterocycles. The molecule has 1 heterocycles. The number of nitrogens with zero attached hydrogens (tertiary/aromatic N) is 2. The summed E-state index contributed by atoms with van der Waals surface area (Å²) in [6, 6.07) is 8.01. The number of hydrogen-bond acceptors (Lipinski definition) is 3. The van der Waals surface area contributed by atoms with Crippen LogP contribution in [0.4, 0.5) is 5.69 Å². The van der Waals surface area contributed by atoms with Crippen LogP contribution in [0.2, 0.25) is 0 Å². The highest BCUT2D eigenvalue weighted by Crippen LogP contribution is 2.14. The minimum absolute atomic E-state index is 0.255. The predicted octanol–water partition coefficient (Wildman–Crippen LogP) is 2.42. The molecular weight excluding hydrogens is 318 g/mol. The Hall–Kier alpha value is -1.07. The number of carbonyl (C=O) groups excluding carboxylic acids is 1. The van der Waals surface area contributed by atoms with Crippen LogP contribution in [0.3, 0.4) is 0 Å². The summed E-state index contributed by atoms with van der Waals surface area (Å²) in [7, 11) is 0. The SMILES string of the molecule is CCN1CCN(C(=O)CCNc2ccc(Br)cc2)CC1. The highest BCUT2D eigenvalue weighted by molar-refractivity contribution is 9.10. The van der Waals surface area contributed by atoms with Crippen LogP contribution in [-0.2, 0) is 4.79 Å². The lowest BCUT2D eigenvalue weighted by Crippen LogP contribution is -2.48. The second-order valence-corrected chi connectivity index (χ2v) is 5.91. The van der Waals surface area contributed by atoms with Gasteiger partial charge in [-0.05, 0) is 30.8 Å². The third-order valence-corrected chi connectivity index (χ3v) is 4.21. The normalized spacial score (nSPS) is 16.2. The summed E-state index contributed by atoms with van der Waals surface area (Å²) >= 11 is 3.41. The number of hydrogen-bond donors (Lipinski definition) is 1. The quantitative estimate of drug-likeness (QED) is 0.894. The molecule has 0 atom stereocenters. The van der Waals surface area contributed by atoms with Crippen LogP contribution in [0.1, 0.15) is 13.3 Å². The van der Waals surface area contributed by atoms with Gasteiger partial charge in [-0.15, -0.1) is 0 Å². The van der Waals surface area contributed by atoms with Gasteiger partial charge in [0.25, 0.3) is 0 Å². The van der Waals surface area contributed by atoms with E-state index in [0.717, 1.165) is 42.9 Å². The van der Waals surface area contributed by atoms with Crippen LogP contribution in [0, 0.1) is 0 Å². The maximum atomic E-state index is 12.1. The standard InChI is InChI=1S/C15H22BrN3O/c1-2-18-9-11-19(12-10-18)15(20)7-8-17-14-5-3-13(16)4-6-14/h3-6,17H,2,7-12H2,1H3. The van der Waals surface area contributed by atoms with Crippen molar-refractivity contribution in [2.75, 3.05) is 44.6 Å². The summed E-state index contributed by atoms with van der Waals surface area (Å²) in [5.41, 5.74) is 1.05. The van der Waals surface area contributed by atoms with E-state index >= 15 is 0 Å². The van der Waals surface area contributed by atoms with Crippen LogP contribution in [-0.4, -0.2) is 55.0 Å². The van der Waals surface area contributed by atoms with Gasteiger partial charge in [-0.3, -0.25) is 4.79 Å². The lowest BCUT2D eigenvalue weighted by atomic mass is 10.2. The highest BCUT2D eigenvalue weighted by Gasteiger charge is 2.19. The molecule has 0 saturated carbocycles. The van der Waals surface area contributed by atoms with Crippen molar-refractivity contribution in [1.29, 1.82) is 0 Å². The largest absolute Gasteiger partial charge is 0.385 e. The van der Waals surface area contributed by atoms with Crippen LogP contribution in [0.25, 0.3) is 0 Å². The van der Waals surface area contributed by atoms with Gasteiger partial charge in [0.1, 0.15) is 0 Å². The minimum atomic E-state index is 0.255. The van der Waals surface area contributed by atoms with E-state index in [2.05, 4.69) is 33.1 Å². The van der Waals surface area contributed by atoms with Crippen molar-refractivity contribution in [2.45, 2.75) is 13.3 Å². The molecule has 1 fully saturated rings. The van der Waals surface area contributed by atoms with Gasteiger partial charge in [-0.1, -0.05) is 22.9 Å². The molecule has 0 bridgehead atoms. The van der Waals surface area contributed by atoms with E-state index in [4.69, 9.17) is 0 Å². The number of nitrogens with one attached hydrogen (secondary N) is 1. The fourth-order valence-electron chi connectivity index (χ4n) is 2.35. The number of anilines is 1. The zero-order valence-electron chi connectivity index (χ0n) is 11.9. The first kappa shape index (κ1) is 15.3. The molecule has 4 nitrogen and oxygen atoms in total. The van der Waals surface area contributed by atoms with E-state index in [-0.39, 0.29) is 5.91 Å². The van der Waals surface area contributed by atoms with Gasteiger partial charge in [0.15, 0.2) is 0 Å². The van der Waals surface area contributed by atoms with Gasteiger partial charge in [-0.25, -0.2) is 0 Å². The monoisotopic (exact) mass is 339 g/mol. The molecule has 1 aromatic carbocycles. The van der Waals surface area contributed by atoms with Crippen LogP contribution >= 0.6 is 15.9 Å². The van der Waals surface area contributed by atoms with Gasteiger partial charge in [0, 0.05) is 49.3 Å². The number of amides is 1. The number of rotatable bonds is 5. The smallest absolute Gasteiger partial charge is 0.224 e. The lowest BCUT2D eigenvalue weighted by Gasteiger charge is -2.34. The lowest BCUT2D eigenvalue weighted by molar-refractivity contribution is -0.132. The molecule has 1 N–H and O–H groups in total. The van der Waals surface area contributed by atoms with Gasteiger partial charge >= 0.3 is 0 Å². The summed E-state index contributed by atoms with van der Waals surface area (Å²) in [5.74, 6) is 0.255. The van der Waals surface area contributed by atoms with Gasteiger partial charge in [-0.2, -0.15) is 0 Å². The Morgan fingerprint density at radius 1 is 1.20 bits per heavy atom. The van der Waals surface area contributed by atoms with Crippen molar-refractivity contribution >= 4 is 27.5 Å². The van der Waals surface area contributed by atoms with Crippen LogP contribution in [0.5, 0.6) is 0 Å². The Kier molecular flexibility index (Phi) is 5.86. The molecule has 0 radical (unpaired) electrons. The molecule has 1 amide bonds. The fraction of sp³-hybridized carbons (Fsp3) is 0.533. The second-order valence-electron chi connectivity index (χ2n) is 5.00. The summed E-state index contributed by atoms with van der Waals surface area (Å²) in [5, 5.41) is 3.28. The number of piperazine rings is 1. The number of benzene rings is 1. The molecule has 20 heavy (non-hydrogen) atoms. The van der Waals surface area contributed by atoms with E-state index in [1.54, 1.807) is 0 Å². The molecule has 0 spiro atoms. The Bertz CT molecular complexity index is 427. The maximum absolute atomic E-state index is 12.1. The van der Waals surface area contributed by atoms with Crippen molar-refractivity contribution in [2.24, 2.45) is 0 Å². The Balaban J connectivity index is 1.69. The molecule has 5 heteroatoms. The molecule has 110 valence electrons.